The molecule has 0 atom stereocenters. The Morgan fingerprint density at radius 3 is 2.86 bits per heavy atom. The van der Waals surface area contributed by atoms with Gasteiger partial charge in [-0.1, -0.05) is 0 Å². The van der Waals surface area contributed by atoms with Crippen LogP contribution in [0, 0.1) is 5.82 Å². The molecule has 1 aliphatic rings. The summed E-state index contributed by atoms with van der Waals surface area (Å²) in [5.41, 5.74) is -0.103. The number of halogens is 2. The topological polar surface area (TPSA) is 35.5 Å². The minimum atomic E-state index is -0.621. The van der Waals surface area contributed by atoms with Gasteiger partial charge in [-0.3, -0.25) is 4.79 Å². The quantitative estimate of drug-likeness (QED) is 0.727. The minimum Gasteiger partial charge on any atom is -0.486 e. The molecule has 0 saturated heterocycles. The summed E-state index contributed by atoms with van der Waals surface area (Å²) in [4.78, 5) is 10.7. The van der Waals surface area contributed by atoms with E-state index in [9.17, 15) is 9.18 Å². The second kappa shape index (κ2) is 3.57. The summed E-state index contributed by atoms with van der Waals surface area (Å²) in [6.45, 7) is 0.734. The molecule has 0 radical (unpaired) electrons. The van der Waals surface area contributed by atoms with Crippen molar-refractivity contribution in [1.29, 1.82) is 0 Å². The molecule has 3 nitrogen and oxygen atoms in total. The molecule has 1 heterocycles. The van der Waals surface area contributed by atoms with Crippen LogP contribution in [-0.4, -0.2) is 19.5 Å². The van der Waals surface area contributed by atoms with Crippen LogP contribution in [0.15, 0.2) is 10.5 Å². The van der Waals surface area contributed by atoms with Gasteiger partial charge >= 0.3 is 0 Å². The van der Waals surface area contributed by atoms with Gasteiger partial charge in [-0.15, -0.1) is 0 Å². The number of carbonyl (C=O) groups is 1. The molecule has 0 fully saturated rings. The number of benzene rings is 1. The van der Waals surface area contributed by atoms with E-state index in [2.05, 4.69) is 15.9 Å². The summed E-state index contributed by atoms with van der Waals surface area (Å²) in [6.07, 6.45) is 0.424. The summed E-state index contributed by atoms with van der Waals surface area (Å²) >= 11 is 3.00. The number of aldehydes is 1. The van der Waals surface area contributed by atoms with E-state index in [0.717, 1.165) is 0 Å². The minimum absolute atomic E-state index is 0.103. The van der Waals surface area contributed by atoms with Crippen molar-refractivity contribution in [3.8, 4) is 11.5 Å². The van der Waals surface area contributed by atoms with E-state index < -0.39 is 5.82 Å². The predicted molar refractivity (Wildman–Crippen MR) is 50.5 cm³/mol. The molecule has 0 amide bonds. The first-order valence-electron chi connectivity index (χ1n) is 3.97. The zero-order chi connectivity index (χ0) is 10.1. The summed E-state index contributed by atoms with van der Waals surface area (Å²) < 4.78 is 24.0. The van der Waals surface area contributed by atoms with Gasteiger partial charge in [-0.2, -0.15) is 0 Å². The molecule has 74 valence electrons. The van der Waals surface area contributed by atoms with Crippen LogP contribution in [-0.2, 0) is 0 Å². The Labute approximate surface area is 87.9 Å². The van der Waals surface area contributed by atoms with Crippen LogP contribution in [0.5, 0.6) is 11.5 Å². The first-order chi connectivity index (χ1) is 6.74. The lowest BCUT2D eigenvalue weighted by molar-refractivity contribution is 0.110. The van der Waals surface area contributed by atoms with Gasteiger partial charge in [-0.25, -0.2) is 4.39 Å². The Bertz CT molecular complexity index is 392. The van der Waals surface area contributed by atoms with Crippen molar-refractivity contribution in [2.75, 3.05) is 13.2 Å². The largest absolute Gasteiger partial charge is 0.486 e. The van der Waals surface area contributed by atoms with Crippen LogP contribution in [0.3, 0.4) is 0 Å². The smallest absolute Gasteiger partial charge is 0.174 e. The van der Waals surface area contributed by atoms with Gasteiger partial charge in [-0.05, 0) is 15.9 Å². The fourth-order valence-electron chi connectivity index (χ4n) is 1.26. The van der Waals surface area contributed by atoms with Gasteiger partial charge in [0.1, 0.15) is 13.2 Å². The van der Waals surface area contributed by atoms with Crippen molar-refractivity contribution in [3.63, 3.8) is 0 Å². The van der Waals surface area contributed by atoms with E-state index in [-0.39, 0.29) is 15.8 Å². The van der Waals surface area contributed by atoms with E-state index in [0.29, 0.717) is 25.2 Å². The predicted octanol–water partition coefficient (Wildman–Crippen LogP) is 2.17. The van der Waals surface area contributed by atoms with Crippen LogP contribution >= 0.6 is 15.9 Å². The second-order valence-electron chi connectivity index (χ2n) is 2.73. The number of carbonyl (C=O) groups excluding carboxylic acids is 1. The van der Waals surface area contributed by atoms with E-state index in [1.54, 1.807) is 0 Å². The van der Waals surface area contributed by atoms with Crippen molar-refractivity contribution in [2.24, 2.45) is 0 Å². The number of hydrogen-bond donors (Lipinski definition) is 0. The molecule has 0 aromatic heterocycles. The monoisotopic (exact) mass is 260 g/mol. The molecule has 0 aliphatic carbocycles. The van der Waals surface area contributed by atoms with E-state index >= 15 is 0 Å². The molecule has 1 aliphatic heterocycles. The molecule has 0 bridgehead atoms. The molecule has 1 aromatic carbocycles. The molecule has 0 N–H and O–H groups in total. The van der Waals surface area contributed by atoms with Crippen molar-refractivity contribution in [3.05, 3.63) is 21.9 Å². The average molecular weight is 261 g/mol. The first kappa shape index (κ1) is 9.45. The van der Waals surface area contributed by atoms with Gasteiger partial charge in [0.2, 0.25) is 0 Å². The van der Waals surface area contributed by atoms with Crippen LogP contribution in [0.1, 0.15) is 10.4 Å². The SMILES string of the molecule is O=Cc1c(F)c(Br)cc2c1OCCO2. The maximum Gasteiger partial charge on any atom is 0.174 e. The Kier molecular flexibility index (Phi) is 2.41. The molecule has 1 aromatic rings. The maximum atomic E-state index is 13.4. The Morgan fingerprint density at radius 2 is 2.14 bits per heavy atom. The van der Waals surface area contributed by atoms with Crippen molar-refractivity contribution >= 4 is 22.2 Å². The zero-order valence-electron chi connectivity index (χ0n) is 7.05. The fraction of sp³-hybridized carbons (Fsp3) is 0.222. The Morgan fingerprint density at radius 1 is 1.43 bits per heavy atom. The summed E-state index contributed by atoms with van der Waals surface area (Å²) in [6, 6.07) is 1.46. The molecule has 0 unspecified atom stereocenters. The summed E-state index contributed by atoms with van der Waals surface area (Å²) in [5, 5.41) is 0. The lowest BCUT2D eigenvalue weighted by Gasteiger charge is -2.20. The third kappa shape index (κ3) is 1.37. The fourth-order valence-corrected chi connectivity index (χ4v) is 1.68. The standard InChI is InChI=1S/C9H6BrFO3/c10-6-3-7-9(14-2-1-13-7)5(4-12)8(6)11/h3-4H,1-2H2. The normalized spacial score (nSPS) is 13.9. The van der Waals surface area contributed by atoms with Crippen molar-refractivity contribution < 1.29 is 18.7 Å². The van der Waals surface area contributed by atoms with Gasteiger partial charge in [0.25, 0.3) is 0 Å². The zero-order valence-corrected chi connectivity index (χ0v) is 8.64. The highest BCUT2D eigenvalue weighted by molar-refractivity contribution is 9.10. The molecule has 0 saturated carbocycles. The van der Waals surface area contributed by atoms with Gasteiger partial charge < -0.3 is 9.47 Å². The van der Waals surface area contributed by atoms with Crippen molar-refractivity contribution in [1.82, 2.24) is 0 Å². The highest BCUT2D eigenvalue weighted by Gasteiger charge is 2.21. The number of ether oxygens (including phenoxy) is 2. The van der Waals surface area contributed by atoms with Gasteiger partial charge in [0, 0.05) is 6.07 Å². The van der Waals surface area contributed by atoms with Crippen LogP contribution in [0.2, 0.25) is 0 Å². The lowest BCUT2D eigenvalue weighted by atomic mass is 10.2. The van der Waals surface area contributed by atoms with Crippen molar-refractivity contribution in [2.45, 2.75) is 0 Å². The average Bonchev–Trinajstić information content (AvgIpc) is 2.20. The first-order valence-corrected chi connectivity index (χ1v) is 4.76. The summed E-state index contributed by atoms with van der Waals surface area (Å²) in [5.74, 6) is -0.0391. The van der Waals surface area contributed by atoms with Gasteiger partial charge in [0.05, 0.1) is 10.0 Å². The molecule has 5 heteroatoms. The second-order valence-corrected chi connectivity index (χ2v) is 3.58. The molecular weight excluding hydrogens is 255 g/mol. The van der Waals surface area contributed by atoms with E-state index in [4.69, 9.17) is 9.47 Å². The van der Waals surface area contributed by atoms with E-state index in [1.165, 1.54) is 6.07 Å². The van der Waals surface area contributed by atoms with Gasteiger partial charge in [0.15, 0.2) is 23.6 Å². The molecule has 2 rings (SSSR count). The number of fused-ring (bicyclic) bond motifs is 1. The maximum absolute atomic E-state index is 13.4. The molecule has 0 spiro atoms. The Hall–Kier alpha value is -1.10. The van der Waals surface area contributed by atoms with Crippen LogP contribution in [0.4, 0.5) is 4.39 Å². The lowest BCUT2D eigenvalue weighted by Crippen LogP contribution is -2.17. The van der Waals surface area contributed by atoms with Crippen LogP contribution < -0.4 is 9.47 Å². The summed E-state index contributed by atoms with van der Waals surface area (Å²) in [7, 11) is 0. The molecular formula is C9H6BrFO3. The number of rotatable bonds is 1. The highest BCUT2D eigenvalue weighted by atomic mass is 79.9. The third-order valence-corrected chi connectivity index (χ3v) is 2.45. The van der Waals surface area contributed by atoms with E-state index in [1.807, 2.05) is 0 Å². The highest BCUT2D eigenvalue weighted by Crippen LogP contribution is 2.38. The third-order valence-electron chi connectivity index (χ3n) is 1.88. The Balaban J connectivity index is 2.65. The molecule has 14 heavy (non-hydrogen) atoms. The van der Waals surface area contributed by atoms with Crippen LogP contribution in [0.25, 0.3) is 0 Å². The number of hydrogen-bond acceptors (Lipinski definition) is 3.